The molecule has 0 rings (SSSR count). The third-order valence-electron chi connectivity index (χ3n) is 1.45. The van der Waals surface area contributed by atoms with Gasteiger partial charge in [0.1, 0.15) is 11.6 Å². The van der Waals surface area contributed by atoms with Crippen molar-refractivity contribution in [1.29, 1.82) is 0 Å². The first kappa shape index (κ1) is 18.2. The van der Waals surface area contributed by atoms with Gasteiger partial charge in [0.15, 0.2) is 0 Å². The third kappa shape index (κ3) is 11.3. The largest absolute Gasteiger partial charge is 0.299 e. The van der Waals surface area contributed by atoms with Gasteiger partial charge in [0.25, 0.3) is 0 Å². The second kappa shape index (κ2) is 11.3. The SMILES string of the molecule is C.C.CCCC(=O)CC(=O)CCC. The van der Waals surface area contributed by atoms with Crippen LogP contribution in [0, 0.1) is 0 Å². The zero-order valence-electron chi connectivity index (χ0n) is 7.35. The lowest BCUT2D eigenvalue weighted by Gasteiger charge is -1.96. The molecule has 0 saturated carbocycles. The number of Topliss-reactive ketones (excluding diaryl/α,β-unsaturated/α-hetero) is 2. The van der Waals surface area contributed by atoms with Crippen LogP contribution in [0.2, 0.25) is 0 Å². The molecule has 0 heterocycles. The molecule has 0 aromatic rings. The van der Waals surface area contributed by atoms with E-state index >= 15 is 0 Å². The van der Waals surface area contributed by atoms with Gasteiger partial charge >= 0.3 is 0 Å². The van der Waals surface area contributed by atoms with Crippen LogP contribution in [-0.2, 0) is 9.59 Å². The maximum Gasteiger partial charge on any atom is 0.140 e. The van der Waals surface area contributed by atoms with Gasteiger partial charge in [-0.3, -0.25) is 9.59 Å². The van der Waals surface area contributed by atoms with Gasteiger partial charge in [-0.15, -0.1) is 0 Å². The molecule has 0 spiro atoms. The van der Waals surface area contributed by atoms with E-state index in [-0.39, 0.29) is 32.8 Å². The molecule has 13 heavy (non-hydrogen) atoms. The molecule has 0 amide bonds. The van der Waals surface area contributed by atoms with Gasteiger partial charge < -0.3 is 0 Å². The van der Waals surface area contributed by atoms with Crippen molar-refractivity contribution in [2.45, 2.75) is 60.8 Å². The number of hydrogen-bond donors (Lipinski definition) is 0. The Morgan fingerprint density at radius 1 is 0.846 bits per heavy atom. The van der Waals surface area contributed by atoms with Crippen molar-refractivity contribution < 1.29 is 9.59 Å². The van der Waals surface area contributed by atoms with Crippen LogP contribution in [0.5, 0.6) is 0 Å². The molecule has 0 unspecified atom stereocenters. The number of ketones is 2. The van der Waals surface area contributed by atoms with Crippen molar-refractivity contribution in [2.75, 3.05) is 0 Å². The molecule has 2 nitrogen and oxygen atoms in total. The Balaban J connectivity index is -0.000000500. The Labute approximate surface area is 82.7 Å². The van der Waals surface area contributed by atoms with E-state index in [9.17, 15) is 9.59 Å². The monoisotopic (exact) mass is 188 g/mol. The van der Waals surface area contributed by atoms with E-state index in [4.69, 9.17) is 0 Å². The summed E-state index contributed by atoms with van der Waals surface area (Å²) >= 11 is 0. The number of carbonyl (C=O) groups excluding carboxylic acids is 2. The molecular formula is C11H24O2. The van der Waals surface area contributed by atoms with Gasteiger partial charge in [0, 0.05) is 12.8 Å². The van der Waals surface area contributed by atoms with Crippen molar-refractivity contribution in [3.8, 4) is 0 Å². The van der Waals surface area contributed by atoms with E-state index in [1.165, 1.54) is 0 Å². The fourth-order valence-electron chi connectivity index (χ4n) is 0.954. The predicted molar refractivity (Wildman–Crippen MR) is 57.9 cm³/mol. The number of rotatable bonds is 6. The van der Waals surface area contributed by atoms with E-state index in [0.717, 1.165) is 12.8 Å². The fraction of sp³-hybridized carbons (Fsp3) is 0.818. The average Bonchev–Trinajstić information content (AvgIpc) is 1.87. The summed E-state index contributed by atoms with van der Waals surface area (Å²) < 4.78 is 0. The Morgan fingerprint density at radius 2 is 1.15 bits per heavy atom. The first-order chi connectivity index (χ1) is 5.20. The summed E-state index contributed by atoms with van der Waals surface area (Å²) in [6, 6.07) is 0. The van der Waals surface area contributed by atoms with Crippen LogP contribution in [0.3, 0.4) is 0 Å². The molecule has 0 atom stereocenters. The minimum atomic E-state index is 0. The van der Waals surface area contributed by atoms with Crippen molar-refractivity contribution >= 4 is 11.6 Å². The quantitative estimate of drug-likeness (QED) is 0.599. The molecule has 0 bridgehead atoms. The molecule has 0 aliphatic carbocycles. The Bertz CT molecular complexity index is 123. The van der Waals surface area contributed by atoms with Gasteiger partial charge in [0.05, 0.1) is 6.42 Å². The minimum Gasteiger partial charge on any atom is -0.299 e. The van der Waals surface area contributed by atoms with Crippen LogP contribution in [0.15, 0.2) is 0 Å². The third-order valence-corrected chi connectivity index (χ3v) is 1.45. The van der Waals surface area contributed by atoms with E-state index in [0.29, 0.717) is 12.8 Å². The van der Waals surface area contributed by atoms with Crippen molar-refractivity contribution in [1.82, 2.24) is 0 Å². The van der Waals surface area contributed by atoms with Gasteiger partial charge in [-0.25, -0.2) is 0 Å². The maximum absolute atomic E-state index is 10.9. The van der Waals surface area contributed by atoms with Gasteiger partial charge in [-0.1, -0.05) is 28.7 Å². The van der Waals surface area contributed by atoms with Gasteiger partial charge in [0.2, 0.25) is 0 Å². The second-order valence-electron chi connectivity index (χ2n) is 2.75. The zero-order valence-corrected chi connectivity index (χ0v) is 7.35. The van der Waals surface area contributed by atoms with Crippen LogP contribution in [0.25, 0.3) is 0 Å². The summed E-state index contributed by atoms with van der Waals surface area (Å²) in [5, 5.41) is 0. The maximum atomic E-state index is 10.9. The molecule has 2 heteroatoms. The van der Waals surface area contributed by atoms with Crippen LogP contribution < -0.4 is 0 Å². The van der Waals surface area contributed by atoms with Crippen LogP contribution in [0.4, 0.5) is 0 Å². The smallest absolute Gasteiger partial charge is 0.140 e. The second-order valence-corrected chi connectivity index (χ2v) is 2.75. The lowest BCUT2D eigenvalue weighted by atomic mass is 10.1. The highest BCUT2D eigenvalue weighted by Gasteiger charge is 2.06. The average molecular weight is 188 g/mol. The van der Waals surface area contributed by atoms with E-state index in [1.807, 2.05) is 13.8 Å². The highest BCUT2D eigenvalue weighted by molar-refractivity contribution is 5.98. The lowest BCUT2D eigenvalue weighted by Crippen LogP contribution is -2.06. The molecule has 0 aliphatic heterocycles. The first-order valence-electron chi connectivity index (χ1n) is 4.24. The van der Waals surface area contributed by atoms with E-state index in [2.05, 4.69) is 0 Å². The fourth-order valence-corrected chi connectivity index (χ4v) is 0.954. The minimum absolute atomic E-state index is 0. The number of hydrogen-bond acceptors (Lipinski definition) is 2. The standard InChI is InChI=1S/C9H16O2.2CH4/c1-3-5-8(10)7-9(11)6-4-2;;/h3-7H2,1-2H3;2*1H4. The normalized spacial score (nSPS) is 8.15. The summed E-state index contributed by atoms with van der Waals surface area (Å²) in [6.45, 7) is 3.89. The lowest BCUT2D eigenvalue weighted by molar-refractivity contribution is -0.127. The molecule has 0 aromatic heterocycles. The Kier molecular flexibility index (Phi) is 15.9. The summed E-state index contributed by atoms with van der Waals surface area (Å²) in [5.41, 5.74) is 0. The van der Waals surface area contributed by atoms with Crippen LogP contribution in [0.1, 0.15) is 60.8 Å². The predicted octanol–water partition coefficient (Wildman–Crippen LogP) is 3.39. The molecule has 0 N–H and O–H groups in total. The Morgan fingerprint density at radius 3 is 1.38 bits per heavy atom. The summed E-state index contributed by atoms with van der Waals surface area (Å²) in [5.74, 6) is 0.178. The molecule has 0 aromatic carbocycles. The molecule has 0 radical (unpaired) electrons. The highest BCUT2D eigenvalue weighted by atomic mass is 16.1. The topological polar surface area (TPSA) is 34.1 Å². The van der Waals surface area contributed by atoms with Crippen molar-refractivity contribution in [2.24, 2.45) is 0 Å². The van der Waals surface area contributed by atoms with Crippen LogP contribution in [-0.4, -0.2) is 11.6 Å². The van der Waals surface area contributed by atoms with E-state index in [1.54, 1.807) is 0 Å². The summed E-state index contributed by atoms with van der Waals surface area (Å²) in [7, 11) is 0. The number of carbonyl (C=O) groups is 2. The molecule has 0 fully saturated rings. The summed E-state index contributed by atoms with van der Waals surface area (Å²) in [6.07, 6.45) is 2.95. The Hall–Kier alpha value is -0.660. The van der Waals surface area contributed by atoms with Gasteiger partial charge in [-0.2, -0.15) is 0 Å². The van der Waals surface area contributed by atoms with Crippen LogP contribution >= 0.6 is 0 Å². The van der Waals surface area contributed by atoms with Crippen molar-refractivity contribution in [3.63, 3.8) is 0 Å². The molecule has 80 valence electrons. The van der Waals surface area contributed by atoms with Crippen molar-refractivity contribution in [3.05, 3.63) is 0 Å². The molecule has 0 saturated heterocycles. The van der Waals surface area contributed by atoms with Gasteiger partial charge in [-0.05, 0) is 12.8 Å². The first-order valence-corrected chi connectivity index (χ1v) is 4.24. The molecular weight excluding hydrogens is 164 g/mol. The zero-order chi connectivity index (χ0) is 8.69. The molecule has 0 aliphatic rings. The summed E-state index contributed by atoms with van der Waals surface area (Å²) in [4.78, 5) is 21.8. The van der Waals surface area contributed by atoms with E-state index < -0.39 is 0 Å². The highest BCUT2D eigenvalue weighted by Crippen LogP contribution is 1.99.